The molecular formula is C16H13Br. The van der Waals surface area contributed by atoms with Gasteiger partial charge in [-0.2, -0.15) is 0 Å². The summed E-state index contributed by atoms with van der Waals surface area (Å²) in [6, 6.07) is 17.2. The number of benzene rings is 2. The SMILES string of the molecule is CC1=CC(c2ccccc2)c2cc(Br)ccc21. The predicted molar refractivity (Wildman–Crippen MR) is 76.1 cm³/mol. The molecule has 0 aromatic heterocycles. The predicted octanol–water partition coefficient (Wildman–Crippen LogP) is 5.00. The fraction of sp³-hybridized carbons (Fsp3) is 0.125. The van der Waals surface area contributed by atoms with Crippen molar-refractivity contribution >= 4 is 21.5 Å². The van der Waals surface area contributed by atoms with Crippen molar-refractivity contribution in [1.29, 1.82) is 0 Å². The van der Waals surface area contributed by atoms with Gasteiger partial charge in [0.15, 0.2) is 0 Å². The number of allylic oxidation sites excluding steroid dienone is 2. The van der Waals surface area contributed by atoms with Crippen LogP contribution in [0.15, 0.2) is 59.1 Å². The van der Waals surface area contributed by atoms with Gasteiger partial charge in [-0.15, -0.1) is 0 Å². The van der Waals surface area contributed by atoms with Gasteiger partial charge in [-0.05, 0) is 41.3 Å². The Morgan fingerprint density at radius 1 is 1.00 bits per heavy atom. The highest BCUT2D eigenvalue weighted by Crippen LogP contribution is 2.40. The molecule has 0 fully saturated rings. The second kappa shape index (κ2) is 4.15. The topological polar surface area (TPSA) is 0 Å². The Bertz CT molecular complexity index is 582. The number of hydrogen-bond donors (Lipinski definition) is 0. The van der Waals surface area contributed by atoms with Crippen LogP contribution in [0, 0.1) is 0 Å². The van der Waals surface area contributed by atoms with Crippen molar-refractivity contribution in [2.75, 3.05) is 0 Å². The zero-order valence-electron chi connectivity index (χ0n) is 9.65. The molecular weight excluding hydrogens is 272 g/mol. The van der Waals surface area contributed by atoms with Crippen LogP contribution in [0.1, 0.15) is 29.5 Å². The van der Waals surface area contributed by atoms with Gasteiger partial charge in [0.2, 0.25) is 0 Å². The zero-order chi connectivity index (χ0) is 11.8. The summed E-state index contributed by atoms with van der Waals surface area (Å²) in [7, 11) is 0. The van der Waals surface area contributed by atoms with Crippen LogP contribution >= 0.6 is 15.9 Å². The minimum absolute atomic E-state index is 0.406. The van der Waals surface area contributed by atoms with Crippen molar-refractivity contribution in [3.8, 4) is 0 Å². The van der Waals surface area contributed by atoms with Crippen molar-refractivity contribution in [2.24, 2.45) is 0 Å². The standard InChI is InChI=1S/C16H13Br/c1-11-9-15(12-5-3-2-4-6-12)16-10-13(17)7-8-14(11)16/h2-10,15H,1H3. The van der Waals surface area contributed by atoms with Gasteiger partial charge < -0.3 is 0 Å². The lowest BCUT2D eigenvalue weighted by Gasteiger charge is -2.11. The van der Waals surface area contributed by atoms with Crippen LogP contribution in [0.4, 0.5) is 0 Å². The molecule has 3 rings (SSSR count). The number of rotatable bonds is 1. The number of hydrogen-bond acceptors (Lipinski definition) is 0. The van der Waals surface area contributed by atoms with Crippen molar-refractivity contribution in [1.82, 2.24) is 0 Å². The molecule has 0 radical (unpaired) electrons. The molecule has 0 saturated carbocycles. The quantitative estimate of drug-likeness (QED) is 0.691. The summed E-state index contributed by atoms with van der Waals surface area (Å²) in [5.74, 6) is 0.406. The first-order chi connectivity index (χ1) is 8.25. The van der Waals surface area contributed by atoms with Crippen molar-refractivity contribution < 1.29 is 0 Å². The van der Waals surface area contributed by atoms with E-state index in [1.54, 1.807) is 0 Å². The van der Waals surface area contributed by atoms with Gasteiger partial charge in [0.1, 0.15) is 0 Å². The third-order valence-corrected chi connectivity index (χ3v) is 3.84. The fourth-order valence-corrected chi connectivity index (χ4v) is 2.89. The molecule has 1 aliphatic carbocycles. The van der Waals surface area contributed by atoms with Gasteiger partial charge in [-0.3, -0.25) is 0 Å². The van der Waals surface area contributed by atoms with Gasteiger partial charge >= 0.3 is 0 Å². The molecule has 0 saturated heterocycles. The molecule has 84 valence electrons. The highest BCUT2D eigenvalue weighted by atomic mass is 79.9. The largest absolute Gasteiger partial charge is 0.0691 e. The lowest BCUT2D eigenvalue weighted by atomic mass is 9.93. The van der Waals surface area contributed by atoms with E-state index < -0.39 is 0 Å². The first kappa shape index (κ1) is 10.8. The summed E-state index contributed by atoms with van der Waals surface area (Å²) in [6.45, 7) is 2.19. The van der Waals surface area contributed by atoms with E-state index in [1.165, 1.54) is 22.3 Å². The van der Waals surface area contributed by atoms with Gasteiger partial charge in [-0.25, -0.2) is 0 Å². The van der Waals surface area contributed by atoms with E-state index in [-0.39, 0.29) is 0 Å². The van der Waals surface area contributed by atoms with Crippen LogP contribution in [-0.4, -0.2) is 0 Å². The second-order valence-electron chi connectivity index (χ2n) is 4.47. The Kier molecular flexibility index (Phi) is 2.64. The Morgan fingerprint density at radius 2 is 1.76 bits per heavy atom. The average molecular weight is 285 g/mol. The smallest absolute Gasteiger partial charge is 0.0281 e. The van der Waals surface area contributed by atoms with E-state index in [1.807, 2.05) is 0 Å². The Morgan fingerprint density at radius 3 is 2.53 bits per heavy atom. The van der Waals surface area contributed by atoms with E-state index >= 15 is 0 Å². The summed E-state index contributed by atoms with van der Waals surface area (Å²) in [5.41, 5.74) is 5.52. The molecule has 1 unspecified atom stereocenters. The van der Waals surface area contributed by atoms with Gasteiger partial charge in [0.25, 0.3) is 0 Å². The van der Waals surface area contributed by atoms with Crippen molar-refractivity contribution in [2.45, 2.75) is 12.8 Å². The van der Waals surface area contributed by atoms with Gasteiger partial charge in [0, 0.05) is 10.4 Å². The molecule has 1 atom stereocenters. The summed E-state index contributed by atoms with van der Waals surface area (Å²) < 4.78 is 1.15. The fourth-order valence-electron chi connectivity index (χ4n) is 2.52. The maximum Gasteiger partial charge on any atom is 0.0281 e. The Labute approximate surface area is 110 Å². The summed E-state index contributed by atoms with van der Waals surface area (Å²) >= 11 is 3.56. The van der Waals surface area contributed by atoms with E-state index in [9.17, 15) is 0 Å². The molecule has 2 aromatic rings. The molecule has 0 heterocycles. The average Bonchev–Trinajstić information content (AvgIpc) is 2.67. The summed E-state index contributed by atoms with van der Waals surface area (Å²) in [4.78, 5) is 0. The maximum absolute atomic E-state index is 3.56. The van der Waals surface area contributed by atoms with E-state index in [2.05, 4.69) is 77.5 Å². The number of fused-ring (bicyclic) bond motifs is 1. The van der Waals surface area contributed by atoms with Gasteiger partial charge in [-0.1, -0.05) is 58.4 Å². The van der Waals surface area contributed by atoms with Crippen LogP contribution < -0.4 is 0 Å². The Balaban J connectivity index is 2.15. The first-order valence-corrected chi connectivity index (χ1v) is 6.58. The molecule has 0 N–H and O–H groups in total. The van der Waals surface area contributed by atoms with Crippen LogP contribution in [0.2, 0.25) is 0 Å². The molecule has 0 bridgehead atoms. The third-order valence-electron chi connectivity index (χ3n) is 3.35. The monoisotopic (exact) mass is 284 g/mol. The van der Waals surface area contributed by atoms with Crippen molar-refractivity contribution in [3.05, 3.63) is 75.8 Å². The first-order valence-electron chi connectivity index (χ1n) is 5.79. The summed E-state index contributed by atoms with van der Waals surface area (Å²) in [6.07, 6.45) is 2.35. The zero-order valence-corrected chi connectivity index (χ0v) is 11.2. The number of halogens is 1. The molecule has 0 spiro atoms. The molecule has 0 aliphatic heterocycles. The highest BCUT2D eigenvalue weighted by molar-refractivity contribution is 9.10. The van der Waals surface area contributed by atoms with Gasteiger partial charge in [0.05, 0.1) is 0 Å². The third kappa shape index (κ3) is 1.85. The maximum atomic E-state index is 3.56. The molecule has 0 amide bonds. The lowest BCUT2D eigenvalue weighted by molar-refractivity contribution is 1.05. The minimum Gasteiger partial charge on any atom is -0.0691 e. The second-order valence-corrected chi connectivity index (χ2v) is 5.39. The molecule has 1 heteroatoms. The minimum atomic E-state index is 0.406. The van der Waals surface area contributed by atoms with E-state index in [4.69, 9.17) is 0 Å². The summed E-state index contributed by atoms with van der Waals surface area (Å²) in [5, 5.41) is 0. The van der Waals surface area contributed by atoms with Crippen LogP contribution in [0.25, 0.3) is 5.57 Å². The van der Waals surface area contributed by atoms with E-state index in [0.29, 0.717) is 5.92 Å². The Hall–Kier alpha value is -1.34. The highest BCUT2D eigenvalue weighted by Gasteiger charge is 2.22. The van der Waals surface area contributed by atoms with Crippen LogP contribution in [0.5, 0.6) is 0 Å². The molecule has 1 aliphatic rings. The van der Waals surface area contributed by atoms with E-state index in [0.717, 1.165) is 4.47 Å². The van der Waals surface area contributed by atoms with Crippen LogP contribution in [0.3, 0.4) is 0 Å². The molecule has 2 aromatic carbocycles. The lowest BCUT2D eigenvalue weighted by Crippen LogP contribution is -1.95. The molecule has 17 heavy (non-hydrogen) atoms. The molecule has 0 nitrogen and oxygen atoms in total. The van der Waals surface area contributed by atoms with Crippen molar-refractivity contribution in [3.63, 3.8) is 0 Å². The normalized spacial score (nSPS) is 17.8. The van der Waals surface area contributed by atoms with Crippen LogP contribution in [-0.2, 0) is 0 Å².